The molecular formula is C16H29N3O. The lowest BCUT2D eigenvalue weighted by Crippen LogP contribution is -2.36. The minimum absolute atomic E-state index is 0.121. The van der Waals surface area contributed by atoms with Gasteiger partial charge in [0.1, 0.15) is 5.75 Å². The maximum absolute atomic E-state index is 6.21. The molecule has 1 rings (SSSR count). The number of nitrogen functional groups attached to an aromatic ring is 1. The van der Waals surface area contributed by atoms with Gasteiger partial charge in [-0.25, -0.2) is 0 Å². The second-order valence-corrected chi connectivity index (χ2v) is 6.14. The van der Waals surface area contributed by atoms with Crippen LogP contribution >= 0.6 is 0 Å². The van der Waals surface area contributed by atoms with Crippen LogP contribution in [0.3, 0.4) is 0 Å². The van der Waals surface area contributed by atoms with E-state index in [9.17, 15) is 0 Å². The summed E-state index contributed by atoms with van der Waals surface area (Å²) in [6.07, 6.45) is 0.121. The molecule has 114 valence electrons. The van der Waals surface area contributed by atoms with E-state index in [1.54, 1.807) is 0 Å². The zero-order valence-electron chi connectivity index (χ0n) is 13.6. The maximum Gasteiger partial charge on any atom is 0.144 e. The predicted octanol–water partition coefficient (Wildman–Crippen LogP) is 3.05. The molecular weight excluding hydrogens is 250 g/mol. The van der Waals surface area contributed by atoms with Crippen molar-refractivity contribution >= 4 is 11.4 Å². The standard InChI is InChI=1S/C16H29N3O/c1-11(2)14(10-19(5)6)18-13-8-7-9-15(16(13)17)20-12(3)4/h7-9,11-12,14,18H,10,17H2,1-6H3. The van der Waals surface area contributed by atoms with Gasteiger partial charge in [-0.2, -0.15) is 0 Å². The van der Waals surface area contributed by atoms with Crippen LogP contribution < -0.4 is 15.8 Å². The average Bonchev–Trinajstić information content (AvgIpc) is 2.32. The Bertz CT molecular complexity index is 416. The van der Waals surface area contributed by atoms with Crippen LogP contribution in [0.1, 0.15) is 27.7 Å². The van der Waals surface area contributed by atoms with Crippen molar-refractivity contribution in [2.24, 2.45) is 5.92 Å². The molecule has 0 heterocycles. The number of nitrogens with zero attached hydrogens (tertiary/aromatic N) is 1. The molecule has 0 aliphatic rings. The molecule has 0 aromatic heterocycles. The van der Waals surface area contributed by atoms with E-state index in [-0.39, 0.29) is 6.10 Å². The van der Waals surface area contributed by atoms with Crippen molar-refractivity contribution in [1.82, 2.24) is 4.90 Å². The summed E-state index contributed by atoms with van der Waals surface area (Å²) in [5.41, 5.74) is 7.84. The molecule has 1 aromatic carbocycles. The molecule has 0 saturated carbocycles. The third kappa shape index (κ3) is 4.93. The third-order valence-corrected chi connectivity index (χ3v) is 3.14. The molecule has 0 bridgehead atoms. The Morgan fingerprint density at radius 3 is 2.35 bits per heavy atom. The van der Waals surface area contributed by atoms with Gasteiger partial charge in [-0.05, 0) is 46.0 Å². The summed E-state index contributed by atoms with van der Waals surface area (Å²) in [6.45, 7) is 9.40. The van der Waals surface area contributed by atoms with Gasteiger partial charge in [0, 0.05) is 12.6 Å². The van der Waals surface area contributed by atoms with Gasteiger partial charge in [-0.1, -0.05) is 19.9 Å². The number of hydrogen-bond acceptors (Lipinski definition) is 4. The molecule has 0 amide bonds. The van der Waals surface area contributed by atoms with Crippen LogP contribution in [-0.2, 0) is 0 Å². The van der Waals surface area contributed by atoms with E-state index in [1.807, 2.05) is 32.0 Å². The van der Waals surface area contributed by atoms with Gasteiger partial charge in [-0.3, -0.25) is 0 Å². The van der Waals surface area contributed by atoms with Gasteiger partial charge in [0.15, 0.2) is 0 Å². The lowest BCUT2D eigenvalue weighted by atomic mass is 10.0. The molecule has 4 nitrogen and oxygen atoms in total. The number of nitrogens with one attached hydrogen (secondary N) is 1. The first kappa shape index (κ1) is 16.6. The molecule has 0 fully saturated rings. The Hall–Kier alpha value is -1.42. The first-order valence-electron chi connectivity index (χ1n) is 7.27. The van der Waals surface area contributed by atoms with Crippen LogP contribution in [-0.4, -0.2) is 37.7 Å². The monoisotopic (exact) mass is 279 g/mol. The fraction of sp³-hybridized carbons (Fsp3) is 0.625. The molecule has 0 radical (unpaired) electrons. The molecule has 4 heteroatoms. The quantitative estimate of drug-likeness (QED) is 0.753. The number of para-hydroxylation sites is 1. The number of rotatable bonds is 7. The van der Waals surface area contributed by atoms with E-state index in [4.69, 9.17) is 10.5 Å². The fourth-order valence-electron chi connectivity index (χ4n) is 2.04. The van der Waals surface area contributed by atoms with Crippen molar-refractivity contribution in [1.29, 1.82) is 0 Å². The van der Waals surface area contributed by atoms with Crippen molar-refractivity contribution in [2.75, 3.05) is 31.7 Å². The second kappa shape index (κ2) is 7.39. The molecule has 0 saturated heterocycles. The van der Waals surface area contributed by atoms with Gasteiger partial charge < -0.3 is 20.7 Å². The average molecular weight is 279 g/mol. The highest BCUT2D eigenvalue weighted by Crippen LogP contribution is 2.31. The molecule has 0 aliphatic carbocycles. The summed E-state index contributed by atoms with van der Waals surface area (Å²) >= 11 is 0. The molecule has 3 N–H and O–H groups in total. The minimum atomic E-state index is 0.121. The van der Waals surface area contributed by atoms with Crippen molar-refractivity contribution in [2.45, 2.75) is 39.8 Å². The zero-order valence-corrected chi connectivity index (χ0v) is 13.6. The number of nitrogens with two attached hydrogens (primary N) is 1. The van der Waals surface area contributed by atoms with Crippen molar-refractivity contribution in [3.63, 3.8) is 0 Å². The molecule has 0 aliphatic heterocycles. The zero-order chi connectivity index (χ0) is 15.3. The molecule has 1 atom stereocenters. The van der Waals surface area contributed by atoms with Gasteiger partial charge in [0.05, 0.1) is 17.5 Å². The van der Waals surface area contributed by atoms with Gasteiger partial charge in [0.25, 0.3) is 0 Å². The number of hydrogen-bond donors (Lipinski definition) is 2. The number of anilines is 2. The largest absolute Gasteiger partial charge is 0.489 e. The first-order valence-corrected chi connectivity index (χ1v) is 7.27. The Labute approximate surface area is 123 Å². The molecule has 1 unspecified atom stereocenters. The van der Waals surface area contributed by atoms with Crippen molar-refractivity contribution in [3.8, 4) is 5.75 Å². The van der Waals surface area contributed by atoms with Crippen molar-refractivity contribution < 1.29 is 4.74 Å². The summed E-state index contributed by atoms with van der Waals surface area (Å²) in [7, 11) is 4.16. The Morgan fingerprint density at radius 2 is 1.85 bits per heavy atom. The van der Waals surface area contributed by atoms with E-state index in [1.165, 1.54) is 0 Å². The van der Waals surface area contributed by atoms with Gasteiger partial charge in [-0.15, -0.1) is 0 Å². The van der Waals surface area contributed by atoms with Crippen LogP contribution in [0.2, 0.25) is 0 Å². The van der Waals surface area contributed by atoms with Crippen LogP contribution in [0.4, 0.5) is 11.4 Å². The van der Waals surface area contributed by atoms with Crippen LogP contribution in [0.25, 0.3) is 0 Å². The maximum atomic E-state index is 6.21. The van der Waals surface area contributed by atoms with Crippen molar-refractivity contribution in [3.05, 3.63) is 18.2 Å². The Kier molecular flexibility index (Phi) is 6.14. The second-order valence-electron chi connectivity index (χ2n) is 6.14. The van der Waals surface area contributed by atoms with E-state index in [2.05, 4.69) is 38.2 Å². The molecule has 20 heavy (non-hydrogen) atoms. The summed E-state index contributed by atoms with van der Waals surface area (Å²) in [6, 6.07) is 6.25. The normalized spacial score (nSPS) is 13.1. The highest BCUT2D eigenvalue weighted by atomic mass is 16.5. The van der Waals surface area contributed by atoms with E-state index in [0.717, 1.165) is 18.0 Å². The topological polar surface area (TPSA) is 50.5 Å². The highest BCUT2D eigenvalue weighted by Gasteiger charge is 2.16. The SMILES string of the molecule is CC(C)Oc1cccc(NC(CN(C)C)C(C)C)c1N. The fourth-order valence-corrected chi connectivity index (χ4v) is 2.04. The predicted molar refractivity (Wildman–Crippen MR) is 87.4 cm³/mol. The smallest absolute Gasteiger partial charge is 0.144 e. The Morgan fingerprint density at radius 1 is 1.20 bits per heavy atom. The highest BCUT2D eigenvalue weighted by molar-refractivity contribution is 5.73. The molecule has 1 aromatic rings. The van der Waals surface area contributed by atoms with Crippen LogP contribution in [0.5, 0.6) is 5.75 Å². The van der Waals surface area contributed by atoms with E-state index >= 15 is 0 Å². The summed E-state index contributed by atoms with van der Waals surface area (Å²) in [5, 5.41) is 3.55. The number of likely N-dealkylation sites (N-methyl/N-ethyl adjacent to an activating group) is 1. The summed E-state index contributed by atoms with van der Waals surface area (Å²) in [5.74, 6) is 1.27. The molecule has 0 spiro atoms. The lowest BCUT2D eigenvalue weighted by Gasteiger charge is -2.27. The number of benzene rings is 1. The van der Waals surface area contributed by atoms with E-state index in [0.29, 0.717) is 17.6 Å². The van der Waals surface area contributed by atoms with Crippen LogP contribution in [0, 0.1) is 5.92 Å². The van der Waals surface area contributed by atoms with Gasteiger partial charge in [0.2, 0.25) is 0 Å². The lowest BCUT2D eigenvalue weighted by molar-refractivity contribution is 0.244. The minimum Gasteiger partial charge on any atom is -0.489 e. The van der Waals surface area contributed by atoms with Gasteiger partial charge >= 0.3 is 0 Å². The first-order chi connectivity index (χ1) is 9.31. The Balaban J connectivity index is 2.90. The van der Waals surface area contributed by atoms with Crippen LogP contribution in [0.15, 0.2) is 18.2 Å². The summed E-state index contributed by atoms with van der Waals surface area (Å²) in [4.78, 5) is 2.18. The third-order valence-electron chi connectivity index (χ3n) is 3.14. The summed E-state index contributed by atoms with van der Waals surface area (Å²) < 4.78 is 5.73. The van der Waals surface area contributed by atoms with E-state index < -0.39 is 0 Å². The number of ether oxygens (including phenoxy) is 1.